The van der Waals surface area contributed by atoms with Crippen LogP contribution in [-0.4, -0.2) is 27.4 Å². The lowest BCUT2D eigenvalue weighted by molar-refractivity contribution is -0.154. The number of halogens is 3. The molecular formula is C10H9F3N4OS. The van der Waals surface area contributed by atoms with Crippen LogP contribution in [0.2, 0.25) is 0 Å². The molecule has 0 saturated carbocycles. The molecule has 0 bridgehead atoms. The first-order valence-corrected chi connectivity index (χ1v) is 6.02. The summed E-state index contributed by atoms with van der Waals surface area (Å²) in [5.74, 6) is -0.0711. The van der Waals surface area contributed by atoms with Crippen molar-refractivity contribution in [3.05, 3.63) is 29.4 Å². The number of rotatable bonds is 5. The van der Waals surface area contributed by atoms with E-state index >= 15 is 0 Å². The summed E-state index contributed by atoms with van der Waals surface area (Å²) in [5, 5.41) is 8.64. The van der Waals surface area contributed by atoms with E-state index in [4.69, 9.17) is 0 Å². The lowest BCUT2D eigenvalue weighted by Crippen LogP contribution is -2.19. The summed E-state index contributed by atoms with van der Waals surface area (Å²) in [7, 11) is 0. The predicted molar refractivity (Wildman–Crippen MR) is 63.0 cm³/mol. The molecule has 0 radical (unpaired) electrons. The number of anilines is 1. The second-order valence-electron chi connectivity index (χ2n) is 3.54. The highest BCUT2D eigenvalue weighted by atomic mass is 32.1. The van der Waals surface area contributed by atoms with Gasteiger partial charge >= 0.3 is 6.18 Å². The van der Waals surface area contributed by atoms with Gasteiger partial charge in [-0.15, -0.1) is 5.10 Å². The van der Waals surface area contributed by atoms with Gasteiger partial charge in [0.2, 0.25) is 5.88 Å². The molecule has 0 aliphatic heterocycles. The SMILES string of the molecule is FC(F)(F)COc1ccc(NCc2csnn2)cn1. The molecular weight excluding hydrogens is 281 g/mol. The molecule has 0 spiro atoms. The number of alkyl halides is 3. The minimum atomic E-state index is -4.36. The van der Waals surface area contributed by atoms with Crippen molar-refractivity contribution in [1.82, 2.24) is 14.6 Å². The Hall–Kier alpha value is -1.90. The average molecular weight is 290 g/mol. The first kappa shape index (κ1) is 13.5. The van der Waals surface area contributed by atoms with Gasteiger partial charge in [0.1, 0.15) is 0 Å². The maximum atomic E-state index is 11.9. The minimum absolute atomic E-state index is 0.0711. The van der Waals surface area contributed by atoms with Crippen LogP contribution in [0.1, 0.15) is 5.69 Å². The number of aromatic nitrogens is 3. The topological polar surface area (TPSA) is 59.9 Å². The normalized spacial score (nSPS) is 11.3. The van der Waals surface area contributed by atoms with E-state index in [0.29, 0.717) is 12.2 Å². The van der Waals surface area contributed by atoms with E-state index in [1.54, 1.807) is 11.4 Å². The van der Waals surface area contributed by atoms with Crippen molar-refractivity contribution < 1.29 is 17.9 Å². The summed E-state index contributed by atoms with van der Waals surface area (Å²) in [6.07, 6.45) is -2.97. The van der Waals surface area contributed by atoms with Gasteiger partial charge in [0, 0.05) is 11.4 Å². The second-order valence-corrected chi connectivity index (χ2v) is 4.15. The fraction of sp³-hybridized carbons (Fsp3) is 0.300. The lowest BCUT2D eigenvalue weighted by atomic mass is 10.4. The van der Waals surface area contributed by atoms with Crippen LogP contribution in [0.15, 0.2) is 23.7 Å². The van der Waals surface area contributed by atoms with E-state index in [9.17, 15) is 13.2 Å². The van der Waals surface area contributed by atoms with Crippen LogP contribution >= 0.6 is 11.5 Å². The maximum absolute atomic E-state index is 11.9. The summed E-state index contributed by atoms with van der Waals surface area (Å²) >= 11 is 1.24. The molecule has 2 heterocycles. The largest absolute Gasteiger partial charge is 0.468 e. The van der Waals surface area contributed by atoms with E-state index in [1.807, 2.05) is 0 Å². The van der Waals surface area contributed by atoms with Crippen molar-refractivity contribution in [2.75, 3.05) is 11.9 Å². The highest BCUT2D eigenvalue weighted by molar-refractivity contribution is 7.03. The van der Waals surface area contributed by atoms with Crippen molar-refractivity contribution in [2.45, 2.75) is 12.7 Å². The van der Waals surface area contributed by atoms with Crippen molar-refractivity contribution in [3.63, 3.8) is 0 Å². The predicted octanol–water partition coefficient (Wildman–Crippen LogP) is 2.49. The van der Waals surface area contributed by atoms with Crippen LogP contribution < -0.4 is 10.1 Å². The Morgan fingerprint density at radius 3 is 2.74 bits per heavy atom. The monoisotopic (exact) mass is 290 g/mol. The molecule has 5 nitrogen and oxygen atoms in total. The van der Waals surface area contributed by atoms with Crippen LogP contribution in [0.5, 0.6) is 5.88 Å². The zero-order chi connectivity index (χ0) is 13.7. The molecule has 1 N–H and O–H groups in total. The second kappa shape index (κ2) is 5.83. The molecule has 2 rings (SSSR count). The molecule has 0 unspecified atom stereocenters. The first-order chi connectivity index (χ1) is 9.03. The van der Waals surface area contributed by atoms with Gasteiger partial charge in [-0.3, -0.25) is 0 Å². The minimum Gasteiger partial charge on any atom is -0.468 e. The van der Waals surface area contributed by atoms with Gasteiger partial charge in [0.25, 0.3) is 0 Å². The Morgan fingerprint density at radius 1 is 1.32 bits per heavy atom. The van der Waals surface area contributed by atoms with Crippen LogP contribution in [0.25, 0.3) is 0 Å². The third-order valence-corrected chi connectivity index (χ3v) is 2.55. The van der Waals surface area contributed by atoms with Gasteiger partial charge in [-0.25, -0.2) is 4.98 Å². The molecule has 102 valence electrons. The summed E-state index contributed by atoms with van der Waals surface area (Å²) in [6.45, 7) is -0.877. The molecule has 19 heavy (non-hydrogen) atoms. The van der Waals surface area contributed by atoms with Crippen molar-refractivity contribution in [1.29, 1.82) is 0 Å². The third-order valence-electron chi connectivity index (χ3n) is 2.00. The van der Waals surface area contributed by atoms with Gasteiger partial charge in [0.05, 0.1) is 24.1 Å². The van der Waals surface area contributed by atoms with Crippen molar-refractivity contribution >= 4 is 17.2 Å². The molecule has 0 fully saturated rings. The fourth-order valence-corrected chi connectivity index (χ4v) is 1.63. The average Bonchev–Trinajstić information content (AvgIpc) is 2.87. The number of nitrogens with zero attached hydrogens (tertiary/aromatic N) is 3. The zero-order valence-corrected chi connectivity index (χ0v) is 10.3. The fourth-order valence-electron chi connectivity index (χ4n) is 1.18. The molecule has 0 amide bonds. The summed E-state index contributed by atoms with van der Waals surface area (Å²) < 4.78 is 44.0. The van der Waals surface area contributed by atoms with E-state index in [-0.39, 0.29) is 5.88 Å². The zero-order valence-electron chi connectivity index (χ0n) is 9.52. The smallest absolute Gasteiger partial charge is 0.422 e. The molecule has 0 aromatic carbocycles. The van der Waals surface area contributed by atoms with E-state index in [2.05, 4.69) is 24.6 Å². The Morgan fingerprint density at radius 2 is 2.16 bits per heavy atom. The lowest BCUT2D eigenvalue weighted by Gasteiger charge is -2.09. The summed E-state index contributed by atoms with van der Waals surface area (Å²) in [5.41, 5.74) is 1.44. The molecule has 9 heteroatoms. The van der Waals surface area contributed by atoms with Crippen molar-refractivity contribution in [2.24, 2.45) is 0 Å². The maximum Gasteiger partial charge on any atom is 0.422 e. The number of hydrogen-bond acceptors (Lipinski definition) is 6. The molecule has 0 saturated heterocycles. The van der Waals surface area contributed by atoms with E-state index < -0.39 is 12.8 Å². The van der Waals surface area contributed by atoms with Gasteiger partial charge < -0.3 is 10.1 Å². The third kappa shape index (κ3) is 4.70. The van der Waals surface area contributed by atoms with Gasteiger partial charge in [-0.05, 0) is 17.6 Å². The van der Waals surface area contributed by atoms with E-state index in [1.165, 1.54) is 23.8 Å². The van der Waals surface area contributed by atoms with Gasteiger partial charge in [-0.1, -0.05) is 4.49 Å². The molecule has 2 aromatic heterocycles. The van der Waals surface area contributed by atoms with Crippen LogP contribution in [-0.2, 0) is 6.54 Å². The van der Waals surface area contributed by atoms with Crippen molar-refractivity contribution in [3.8, 4) is 5.88 Å². The summed E-state index contributed by atoms with van der Waals surface area (Å²) in [4.78, 5) is 3.76. The quantitative estimate of drug-likeness (QED) is 0.916. The highest BCUT2D eigenvalue weighted by Gasteiger charge is 2.28. The number of ether oxygens (including phenoxy) is 1. The highest BCUT2D eigenvalue weighted by Crippen LogP contribution is 2.18. The van der Waals surface area contributed by atoms with Crippen LogP contribution in [0.4, 0.5) is 18.9 Å². The Labute approximate surface area is 110 Å². The Kier molecular flexibility index (Phi) is 4.15. The number of nitrogens with one attached hydrogen (secondary N) is 1. The molecule has 2 aromatic rings. The van der Waals surface area contributed by atoms with Crippen LogP contribution in [0.3, 0.4) is 0 Å². The summed E-state index contributed by atoms with van der Waals surface area (Å²) in [6, 6.07) is 2.95. The first-order valence-electron chi connectivity index (χ1n) is 5.18. The number of pyridine rings is 1. The van der Waals surface area contributed by atoms with Crippen LogP contribution in [0, 0.1) is 0 Å². The molecule has 0 aliphatic carbocycles. The Bertz CT molecular complexity index is 500. The molecule has 0 aliphatic rings. The standard InChI is InChI=1S/C10H9F3N4OS/c11-10(12,13)6-18-9-2-1-7(3-15-9)14-4-8-5-19-17-16-8/h1-3,5,14H,4,6H2. The van der Waals surface area contributed by atoms with Gasteiger partial charge in [0.15, 0.2) is 6.61 Å². The van der Waals surface area contributed by atoms with Gasteiger partial charge in [-0.2, -0.15) is 13.2 Å². The van der Waals surface area contributed by atoms with E-state index in [0.717, 1.165) is 5.69 Å². The molecule has 0 atom stereocenters. The Balaban J connectivity index is 1.84. The number of hydrogen-bond donors (Lipinski definition) is 1.